The van der Waals surface area contributed by atoms with Gasteiger partial charge in [-0.2, -0.15) is 9.29 Å². The van der Waals surface area contributed by atoms with Crippen LogP contribution >= 0.6 is 11.6 Å². The van der Waals surface area contributed by atoms with Gasteiger partial charge in [0.25, 0.3) is 0 Å². The lowest BCUT2D eigenvalue weighted by Crippen LogP contribution is -2.49. The number of aromatic nitrogens is 2. The van der Waals surface area contributed by atoms with Crippen LogP contribution in [0.3, 0.4) is 0 Å². The maximum absolute atomic E-state index is 13.0. The number of rotatable bonds is 5. The molecule has 0 N–H and O–H groups in total. The third kappa shape index (κ3) is 4.33. The van der Waals surface area contributed by atoms with Crippen molar-refractivity contribution in [3.05, 3.63) is 35.5 Å². The number of benzene rings is 1. The molecule has 0 unspecified atom stereocenters. The summed E-state index contributed by atoms with van der Waals surface area (Å²) in [5, 5.41) is 0.281. The Kier molecular flexibility index (Phi) is 6.31. The third-order valence-electron chi connectivity index (χ3n) is 5.59. The molecule has 0 radical (unpaired) electrons. The van der Waals surface area contributed by atoms with Crippen molar-refractivity contribution in [1.29, 1.82) is 0 Å². The van der Waals surface area contributed by atoms with Crippen molar-refractivity contribution in [1.82, 2.24) is 14.3 Å². The number of anilines is 2. The molecule has 2 fully saturated rings. The lowest BCUT2D eigenvalue weighted by Gasteiger charge is -2.35. The van der Waals surface area contributed by atoms with Crippen molar-refractivity contribution in [2.75, 3.05) is 56.2 Å². The highest BCUT2D eigenvalue weighted by Crippen LogP contribution is 2.29. The summed E-state index contributed by atoms with van der Waals surface area (Å²) < 4.78 is 32.6. The van der Waals surface area contributed by atoms with E-state index < -0.39 is 10.0 Å². The van der Waals surface area contributed by atoms with E-state index in [1.54, 1.807) is 12.3 Å². The molecule has 0 aliphatic carbocycles. The average Bonchev–Trinajstić information content (AvgIpc) is 2.80. The number of nitrogens with zero attached hydrogens (tertiary/aromatic N) is 5. The van der Waals surface area contributed by atoms with E-state index in [1.165, 1.54) is 42.8 Å². The Labute approximate surface area is 182 Å². The van der Waals surface area contributed by atoms with E-state index >= 15 is 0 Å². The van der Waals surface area contributed by atoms with Crippen molar-refractivity contribution in [2.45, 2.75) is 24.2 Å². The van der Waals surface area contributed by atoms with Crippen molar-refractivity contribution < 1.29 is 13.2 Å². The van der Waals surface area contributed by atoms with Crippen LogP contribution in [-0.4, -0.2) is 69.1 Å². The first-order valence-electron chi connectivity index (χ1n) is 10.2. The summed E-state index contributed by atoms with van der Waals surface area (Å²) >= 11 is 6.12. The van der Waals surface area contributed by atoms with Crippen LogP contribution in [0.5, 0.6) is 5.75 Å². The predicted molar refractivity (Wildman–Crippen MR) is 117 cm³/mol. The standard InChI is InChI=1S/C20H26ClN5O3S/c1-29-18-6-5-16(15-17(18)21)30(27,28)26-13-11-24(12-14-26)19-7-8-22-20(23-19)25-9-3-2-4-10-25/h5-8,15H,2-4,9-14H2,1H3. The molecular formula is C20H26ClN5O3S. The zero-order chi connectivity index (χ0) is 21.1. The van der Waals surface area contributed by atoms with Gasteiger partial charge in [0.15, 0.2) is 0 Å². The molecule has 10 heteroatoms. The highest BCUT2D eigenvalue weighted by Gasteiger charge is 2.29. The highest BCUT2D eigenvalue weighted by atomic mass is 35.5. The SMILES string of the molecule is COc1ccc(S(=O)(=O)N2CCN(c3ccnc(N4CCCCC4)n3)CC2)cc1Cl. The minimum Gasteiger partial charge on any atom is -0.495 e. The molecule has 8 nitrogen and oxygen atoms in total. The van der Waals surface area contributed by atoms with Gasteiger partial charge in [0.05, 0.1) is 17.0 Å². The summed E-state index contributed by atoms with van der Waals surface area (Å²) in [6, 6.07) is 6.44. The molecule has 2 aliphatic rings. The van der Waals surface area contributed by atoms with Gasteiger partial charge in [0.1, 0.15) is 11.6 Å². The molecule has 2 aromatic rings. The first-order chi connectivity index (χ1) is 14.5. The van der Waals surface area contributed by atoms with Crippen LogP contribution in [0, 0.1) is 0 Å². The largest absolute Gasteiger partial charge is 0.495 e. The van der Waals surface area contributed by atoms with Gasteiger partial charge in [-0.3, -0.25) is 0 Å². The molecular weight excluding hydrogens is 426 g/mol. The molecule has 0 amide bonds. The van der Waals surface area contributed by atoms with Crippen molar-refractivity contribution >= 4 is 33.4 Å². The van der Waals surface area contributed by atoms with Crippen LogP contribution in [-0.2, 0) is 10.0 Å². The van der Waals surface area contributed by atoms with E-state index in [4.69, 9.17) is 21.3 Å². The number of methoxy groups -OCH3 is 1. The fourth-order valence-electron chi connectivity index (χ4n) is 3.88. The Bertz CT molecular complexity index is 990. The molecule has 3 heterocycles. The van der Waals surface area contributed by atoms with Gasteiger partial charge in [-0.25, -0.2) is 13.4 Å². The molecule has 0 spiro atoms. The zero-order valence-corrected chi connectivity index (χ0v) is 18.6. The van der Waals surface area contributed by atoms with Gasteiger partial charge in [-0.1, -0.05) is 11.6 Å². The second-order valence-electron chi connectivity index (χ2n) is 7.45. The number of sulfonamides is 1. The Balaban J connectivity index is 1.44. The fourth-order valence-corrected chi connectivity index (χ4v) is 5.65. The average molecular weight is 452 g/mol. The van der Waals surface area contributed by atoms with E-state index in [1.807, 2.05) is 6.07 Å². The van der Waals surface area contributed by atoms with Gasteiger partial charge >= 0.3 is 0 Å². The molecule has 4 rings (SSSR count). The number of ether oxygens (including phenoxy) is 1. The third-order valence-corrected chi connectivity index (χ3v) is 7.78. The zero-order valence-electron chi connectivity index (χ0n) is 17.0. The van der Waals surface area contributed by atoms with E-state index in [2.05, 4.69) is 14.8 Å². The van der Waals surface area contributed by atoms with Gasteiger partial charge in [0.2, 0.25) is 16.0 Å². The first-order valence-corrected chi connectivity index (χ1v) is 12.0. The van der Waals surface area contributed by atoms with E-state index in [9.17, 15) is 8.42 Å². The minimum absolute atomic E-state index is 0.177. The van der Waals surface area contributed by atoms with E-state index in [-0.39, 0.29) is 9.92 Å². The number of hydrogen-bond donors (Lipinski definition) is 0. The summed E-state index contributed by atoms with van der Waals surface area (Å²) in [7, 11) is -2.12. The summed E-state index contributed by atoms with van der Waals surface area (Å²) in [6.07, 6.45) is 5.37. The van der Waals surface area contributed by atoms with E-state index in [0.717, 1.165) is 24.9 Å². The van der Waals surface area contributed by atoms with Crippen LogP contribution < -0.4 is 14.5 Å². The predicted octanol–water partition coefficient (Wildman–Crippen LogP) is 2.64. The Morgan fingerprint density at radius 3 is 2.37 bits per heavy atom. The summed E-state index contributed by atoms with van der Waals surface area (Å²) in [6.45, 7) is 3.88. The second kappa shape index (κ2) is 8.95. The number of halogens is 1. The maximum Gasteiger partial charge on any atom is 0.243 e. The maximum atomic E-state index is 13.0. The summed E-state index contributed by atoms with van der Waals surface area (Å²) in [4.78, 5) is 13.7. The first kappa shape index (κ1) is 21.1. The van der Waals surface area contributed by atoms with Gasteiger partial charge in [-0.05, 0) is 43.5 Å². The van der Waals surface area contributed by atoms with Crippen LogP contribution in [0.25, 0.3) is 0 Å². The molecule has 30 heavy (non-hydrogen) atoms. The molecule has 2 saturated heterocycles. The normalized spacial score (nSPS) is 18.5. The highest BCUT2D eigenvalue weighted by molar-refractivity contribution is 7.89. The number of piperazine rings is 1. The van der Waals surface area contributed by atoms with Gasteiger partial charge < -0.3 is 14.5 Å². The van der Waals surface area contributed by atoms with Crippen molar-refractivity contribution in [2.24, 2.45) is 0 Å². The van der Waals surface area contributed by atoms with Crippen molar-refractivity contribution in [3.8, 4) is 5.75 Å². The lowest BCUT2D eigenvalue weighted by molar-refractivity contribution is 0.383. The molecule has 162 valence electrons. The topological polar surface area (TPSA) is 78.9 Å². The monoisotopic (exact) mass is 451 g/mol. The smallest absolute Gasteiger partial charge is 0.243 e. The van der Waals surface area contributed by atoms with E-state index in [0.29, 0.717) is 31.9 Å². The fraction of sp³-hybridized carbons (Fsp3) is 0.500. The molecule has 0 atom stereocenters. The Morgan fingerprint density at radius 1 is 0.967 bits per heavy atom. The lowest BCUT2D eigenvalue weighted by atomic mass is 10.1. The quantitative estimate of drug-likeness (QED) is 0.691. The van der Waals surface area contributed by atoms with Gasteiger partial charge in [-0.15, -0.1) is 0 Å². The molecule has 1 aromatic carbocycles. The Morgan fingerprint density at radius 2 is 1.70 bits per heavy atom. The molecule has 1 aromatic heterocycles. The number of piperidine rings is 1. The number of hydrogen-bond acceptors (Lipinski definition) is 7. The van der Waals surface area contributed by atoms with Crippen LogP contribution in [0.1, 0.15) is 19.3 Å². The molecule has 0 bridgehead atoms. The summed E-state index contributed by atoms with van der Waals surface area (Å²) in [5.41, 5.74) is 0. The van der Waals surface area contributed by atoms with Crippen LogP contribution in [0.15, 0.2) is 35.4 Å². The second-order valence-corrected chi connectivity index (χ2v) is 9.80. The summed E-state index contributed by atoms with van der Waals surface area (Å²) in [5.74, 6) is 2.05. The van der Waals surface area contributed by atoms with Crippen LogP contribution in [0.4, 0.5) is 11.8 Å². The molecule has 2 aliphatic heterocycles. The van der Waals surface area contributed by atoms with Gasteiger partial charge in [0, 0.05) is 45.5 Å². The van der Waals surface area contributed by atoms with Crippen LogP contribution in [0.2, 0.25) is 5.02 Å². The Hall–Kier alpha value is -2.10. The molecule has 0 saturated carbocycles. The minimum atomic E-state index is -3.61. The van der Waals surface area contributed by atoms with Crippen molar-refractivity contribution in [3.63, 3.8) is 0 Å².